The molecule has 1 aromatic rings. The highest BCUT2D eigenvalue weighted by Gasteiger charge is 2.11. The molecule has 0 saturated heterocycles. The summed E-state index contributed by atoms with van der Waals surface area (Å²) in [7, 11) is 0. The topological polar surface area (TPSA) is 14.1 Å². The molecule has 0 spiro atoms. The van der Waals surface area contributed by atoms with Crippen LogP contribution in [0.25, 0.3) is 0 Å². The van der Waals surface area contributed by atoms with Crippen molar-refractivity contribution in [3.05, 3.63) is 28.8 Å². The summed E-state index contributed by atoms with van der Waals surface area (Å²) in [6, 6.07) is 5.91. The molecule has 57 valence electrons. The van der Waals surface area contributed by atoms with Crippen molar-refractivity contribution in [2.75, 3.05) is 6.54 Å². The summed E-state index contributed by atoms with van der Waals surface area (Å²) >= 11 is 5.98. The fourth-order valence-corrected chi connectivity index (χ4v) is 1.66. The van der Waals surface area contributed by atoms with E-state index in [1.807, 2.05) is 18.2 Å². The van der Waals surface area contributed by atoms with Gasteiger partial charge in [-0.05, 0) is 30.5 Å². The largest absolute Gasteiger partial charge is 0.285 e. The minimum atomic E-state index is 0.867. The molecule has 11 heavy (non-hydrogen) atoms. The maximum absolute atomic E-state index is 5.98. The van der Waals surface area contributed by atoms with Gasteiger partial charge >= 0.3 is 0 Å². The van der Waals surface area contributed by atoms with Gasteiger partial charge < -0.3 is 0 Å². The van der Waals surface area contributed by atoms with Gasteiger partial charge in [-0.15, -0.1) is 0 Å². The second-order valence-corrected chi connectivity index (χ2v) is 3.13. The smallest absolute Gasteiger partial charge is 0.0621 e. The molecule has 2 heteroatoms. The Morgan fingerprint density at radius 3 is 3.09 bits per heavy atom. The van der Waals surface area contributed by atoms with E-state index < -0.39 is 0 Å². The molecule has 1 aliphatic rings. The van der Waals surface area contributed by atoms with E-state index in [-0.39, 0.29) is 0 Å². The van der Waals surface area contributed by atoms with Gasteiger partial charge in [-0.3, -0.25) is 5.32 Å². The molecule has 0 amide bonds. The molecule has 0 aliphatic carbocycles. The second kappa shape index (κ2) is 2.74. The Bertz CT molecular complexity index is 270. The average molecular weight is 167 g/mol. The van der Waals surface area contributed by atoms with Crippen LogP contribution in [-0.2, 0) is 6.42 Å². The average Bonchev–Trinajstić information content (AvgIpc) is 2.06. The van der Waals surface area contributed by atoms with E-state index in [4.69, 9.17) is 11.6 Å². The first-order chi connectivity index (χ1) is 5.38. The summed E-state index contributed by atoms with van der Waals surface area (Å²) in [5.41, 5.74) is 2.31. The Labute approximate surface area is 71.4 Å². The van der Waals surface area contributed by atoms with Crippen molar-refractivity contribution < 1.29 is 0 Å². The molecule has 1 heterocycles. The number of halogens is 1. The van der Waals surface area contributed by atoms with Gasteiger partial charge in [0.25, 0.3) is 0 Å². The van der Waals surface area contributed by atoms with Gasteiger partial charge in [0.1, 0.15) is 0 Å². The van der Waals surface area contributed by atoms with E-state index in [0.717, 1.165) is 30.1 Å². The van der Waals surface area contributed by atoms with Crippen molar-refractivity contribution in [3.63, 3.8) is 0 Å². The van der Waals surface area contributed by atoms with Crippen molar-refractivity contribution in [1.82, 2.24) is 5.32 Å². The van der Waals surface area contributed by atoms with E-state index in [2.05, 4.69) is 5.32 Å². The quantitative estimate of drug-likeness (QED) is 0.563. The van der Waals surface area contributed by atoms with Crippen LogP contribution in [0.15, 0.2) is 18.2 Å². The number of rotatable bonds is 0. The van der Waals surface area contributed by atoms with Gasteiger partial charge in [0, 0.05) is 11.6 Å². The van der Waals surface area contributed by atoms with Gasteiger partial charge in [-0.25, -0.2) is 0 Å². The fraction of sp³-hybridized carbons (Fsp3) is 0.333. The Hall–Kier alpha value is -0.690. The highest BCUT2D eigenvalue weighted by Crippen LogP contribution is 2.28. The number of hydrogen-bond acceptors (Lipinski definition) is 0. The van der Waals surface area contributed by atoms with Crippen molar-refractivity contribution in [1.29, 1.82) is 0 Å². The van der Waals surface area contributed by atoms with Crippen molar-refractivity contribution in [3.8, 4) is 0 Å². The van der Waals surface area contributed by atoms with Crippen molar-refractivity contribution >= 4 is 17.3 Å². The molecule has 0 aromatic heterocycles. The summed E-state index contributed by atoms with van der Waals surface area (Å²) in [5.74, 6) is 0. The third-order valence-electron chi connectivity index (χ3n) is 1.96. The molecule has 0 fully saturated rings. The van der Waals surface area contributed by atoms with Gasteiger partial charge in [-0.1, -0.05) is 17.7 Å². The molecule has 0 saturated carbocycles. The van der Waals surface area contributed by atoms with Crippen LogP contribution in [0.5, 0.6) is 0 Å². The second-order valence-electron chi connectivity index (χ2n) is 2.72. The molecule has 1 aromatic carbocycles. The molecule has 0 N–H and O–H groups in total. The third kappa shape index (κ3) is 1.21. The van der Waals surface area contributed by atoms with E-state index in [1.165, 1.54) is 5.56 Å². The molecular weight excluding hydrogens is 158 g/mol. The van der Waals surface area contributed by atoms with Crippen LogP contribution < -0.4 is 5.32 Å². The first-order valence-corrected chi connectivity index (χ1v) is 4.20. The lowest BCUT2D eigenvalue weighted by Crippen LogP contribution is -2.10. The minimum absolute atomic E-state index is 0.867. The van der Waals surface area contributed by atoms with Gasteiger partial charge in [0.15, 0.2) is 0 Å². The molecule has 1 aliphatic heterocycles. The number of benzene rings is 1. The van der Waals surface area contributed by atoms with Crippen LogP contribution >= 0.6 is 11.6 Å². The van der Waals surface area contributed by atoms with Crippen molar-refractivity contribution in [2.24, 2.45) is 0 Å². The maximum Gasteiger partial charge on any atom is 0.0621 e. The van der Waals surface area contributed by atoms with Crippen LogP contribution in [0.4, 0.5) is 5.69 Å². The summed E-state index contributed by atoms with van der Waals surface area (Å²) in [6.45, 7) is 0.952. The SMILES string of the molecule is Clc1cccc2c1CCC[N]2. The Morgan fingerprint density at radius 1 is 1.36 bits per heavy atom. The van der Waals surface area contributed by atoms with Crippen LogP contribution in [-0.4, -0.2) is 6.54 Å². The molecule has 1 radical (unpaired) electrons. The molecule has 0 bridgehead atoms. The summed E-state index contributed by atoms with van der Waals surface area (Å²) in [4.78, 5) is 0. The lowest BCUT2D eigenvalue weighted by Gasteiger charge is -2.15. The summed E-state index contributed by atoms with van der Waals surface area (Å²) in [5, 5.41) is 5.24. The van der Waals surface area contributed by atoms with E-state index in [9.17, 15) is 0 Å². The van der Waals surface area contributed by atoms with E-state index in [0.29, 0.717) is 0 Å². The van der Waals surface area contributed by atoms with Crippen LogP contribution in [0, 0.1) is 0 Å². The zero-order valence-electron chi connectivity index (χ0n) is 6.18. The lowest BCUT2D eigenvalue weighted by atomic mass is 10.0. The van der Waals surface area contributed by atoms with Crippen LogP contribution in [0.2, 0.25) is 5.02 Å². The van der Waals surface area contributed by atoms with E-state index in [1.54, 1.807) is 0 Å². The zero-order chi connectivity index (χ0) is 7.68. The number of hydrogen-bond donors (Lipinski definition) is 0. The summed E-state index contributed by atoms with van der Waals surface area (Å²) in [6.07, 6.45) is 2.22. The molecule has 0 atom stereocenters. The monoisotopic (exact) mass is 166 g/mol. The zero-order valence-corrected chi connectivity index (χ0v) is 6.93. The van der Waals surface area contributed by atoms with Gasteiger partial charge in [0.2, 0.25) is 0 Å². The summed E-state index contributed by atoms with van der Waals surface area (Å²) < 4.78 is 0. The maximum atomic E-state index is 5.98. The first-order valence-electron chi connectivity index (χ1n) is 3.83. The standard InChI is InChI=1S/C9H9ClN/c10-8-4-1-5-9-7(8)3-2-6-11-9/h1,4-5H,2-3,6H2. The molecule has 0 unspecified atom stereocenters. The third-order valence-corrected chi connectivity index (χ3v) is 2.32. The lowest BCUT2D eigenvalue weighted by molar-refractivity contribution is 0.704. The highest BCUT2D eigenvalue weighted by molar-refractivity contribution is 6.31. The van der Waals surface area contributed by atoms with Crippen LogP contribution in [0.1, 0.15) is 12.0 Å². The predicted molar refractivity (Wildman–Crippen MR) is 46.4 cm³/mol. The molecule has 2 rings (SSSR count). The molecule has 1 nitrogen and oxygen atoms in total. The van der Waals surface area contributed by atoms with Gasteiger partial charge in [-0.2, -0.15) is 0 Å². The van der Waals surface area contributed by atoms with Crippen LogP contribution in [0.3, 0.4) is 0 Å². The molecular formula is C9H9ClN. The number of nitrogens with zero attached hydrogens (tertiary/aromatic N) is 1. The Morgan fingerprint density at radius 2 is 2.27 bits per heavy atom. The van der Waals surface area contributed by atoms with Gasteiger partial charge in [0.05, 0.1) is 5.69 Å². The minimum Gasteiger partial charge on any atom is -0.285 e. The Kier molecular flexibility index (Phi) is 1.74. The predicted octanol–water partition coefficient (Wildman–Crippen LogP) is 2.52. The highest BCUT2D eigenvalue weighted by atomic mass is 35.5. The van der Waals surface area contributed by atoms with Crippen molar-refractivity contribution in [2.45, 2.75) is 12.8 Å². The normalized spacial score (nSPS) is 15.4. The number of fused-ring (bicyclic) bond motifs is 1. The fourth-order valence-electron chi connectivity index (χ4n) is 1.40. The van der Waals surface area contributed by atoms with E-state index >= 15 is 0 Å². The first kappa shape index (κ1) is 6.99. The Balaban J connectivity index is 2.49.